The Labute approximate surface area is 123 Å². The number of anilines is 1. The Morgan fingerprint density at radius 3 is 2.70 bits per heavy atom. The summed E-state index contributed by atoms with van der Waals surface area (Å²) in [6.45, 7) is 1.91. The van der Waals surface area contributed by atoms with Gasteiger partial charge in [0.25, 0.3) is 5.91 Å². The number of nitrogens with zero attached hydrogens (tertiary/aromatic N) is 2. The van der Waals surface area contributed by atoms with Crippen LogP contribution in [0.3, 0.4) is 0 Å². The van der Waals surface area contributed by atoms with Gasteiger partial charge < -0.3 is 10.4 Å². The number of amides is 1. The molecule has 2 N–H and O–H groups in total. The fraction of sp³-hybridized carbons (Fsp3) is 0.167. The first-order chi connectivity index (χ1) is 9.51. The number of carboxylic acids is 1. The molecule has 0 saturated carbocycles. The van der Waals surface area contributed by atoms with Crippen molar-refractivity contribution in [1.29, 1.82) is 0 Å². The van der Waals surface area contributed by atoms with E-state index in [9.17, 15) is 9.59 Å². The topological polar surface area (TPSA) is 92.2 Å². The fourth-order valence-corrected chi connectivity index (χ4v) is 2.55. The van der Waals surface area contributed by atoms with Gasteiger partial charge in [-0.05, 0) is 12.5 Å². The summed E-state index contributed by atoms with van der Waals surface area (Å²) in [5.74, 6) is -1.61. The quantitative estimate of drug-likeness (QED) is 0.905. The first kappa shape index (κ1) is 14.4. The van der Waals surface area contributed by atoms with Crippen LogP contribution in [0.4, 0.5) is 5.00 Å². The largest absolute Gasteiger partial charge is 0.478 e. The van der Waals surface area contributed by atoms with E-state index >= 15 is 0 Å². The standard InChI is InChI=1S/C12H10ClN3O3S/c1-2-6-3-7(12(18)19)11(20-6)16-10(17)8-4-15-9(13)5-14-8/h3-5H,2H2,1H3,(H,16,17)(H,18,19). The van der Waals surface area contributed by atoms with E-state index in [-0.39, 0.29) is 21.4 Å². The normalized spacial score (nSPS) is 10.3. The van der Waals surface area contributed by atoms with Gasteiger partial charge in [-0.3, -0.25) is 4.79 Å². The monoisotopic (exact) mass is 311 g/mol. The molecule has 2 rings (SSSR count). The zero-order valence-electron chi connectivity index (χ0n) is 10.4. The average Bonchev–Trinajstić information content (AvgIpc) is 2.82. The molecule has 1 amide bonds. The van der Waals surface area contributed by atoms with Gasteiger partial charge in [0.05, 0.1) is 18.0 Å². The van der Waals surface area contributed by atoms with E-state index in [0.29, 0.717) is 6.42 Å². The van der Waals surface area contributed by atoms with E-state index in [1.165, 1.54) is 23.7 Å². The number of rotatable bonds is 4. The summed E-state index contributed by atoms with van der Waals surface area (Å²) in [6.07, 6.45) is 3.18. The summed E-state index contributed by atoms with van der Waals surface area (Å²) in [6, 6.07) is 1.55. The third-order valence-electron chi connectivity index (χ3n) is 2.44. The maximum atomic E-state index is 12.0. The molecule has 0 radical (unpaired) electrons. The van der Waals surface area contributed by atoms with Crippen molar-refractivity contribution in [3.63, 3.8) is 0 Å². The predicted molar refractivity (Wildman–Crippen MR) is 75.7 cm³/mol. The number of hydrogen-bond donors (Lipinski definition) is 2. The molecule has 0 bridgehead atoms. The Bertz CT molecular complexity index is 654. The molecule has 0 aliphatic carbocycles. The van der Waals surface area contributed by atoms with Crippen molar-refractivity contribution in [1.82, 2.24) is 9.97 Å². The number of carboxylic acid groups (broad SMARTS) is 1. The van der Waals surface area contributed by atoms with E-state index in [2.05, 4.69) is 15.3 Å². The molecule has 0 unspecified atom stereocenters. The van der Waals surface area contributed by atoms with Gasteiger partial charge in [0, 0.05) is 4.88 Å². The minimum Gasteiger partial charge on any atom is -0.478 e. The van der Waals surface area contributed by atoms with Crippen LogP contribution in [0.5, 0.6) is 0 Å². The highest BCUT2D eigenvalue weighted by atomic mass is 35.5. The van der Waals surface area contributed by atoms with Crippen molar-refractivity contribution >= 4 is 39.8 Å². The van der Waals surface area contributed by atoms with Crippen molar-refractivity contribution in [3.8, 4) is 0 Å². The number of thiophene rings is 1. The van der Waals surface area contributed by atoms with E-state index in [1.54, 1.807) is 6.07 Å². The Balaban J connectivity index is 2.25. The second kappa shape index (κ2) is 5.98. The summed E-state index contributed by atoms with van der Waals surface area (Å²) in [5.41, 5.74) is 0.138. The van der Waals surface area contributed by atoms with Crippen LogP contribution in [0, 0.1) is 0 Å². The number of hydrogen-bond acceptors (Lipinski definition) is 5. The van der Waals surface area contributed by atoms with Crippen LogP contribution in [0.1, 0.15) is 32.6 Å². The third-order valence-corrected chi connectivity index (χ3v) is 3.83. The van der Waals surface area contributed by atoms with Crippen molar-refractivity contribution < 1.29 is 14.7 Å². The fourth-order valence-electron chi connectivity index (χ4n) is 1.46. The molecule has 104 valence electrons. The lowest BCUT2D eigenvalue weighted by atomic mass is 10.2. The maximum Gasteiger partial charge on any atom is 0.338 e. The number of aromatic carboxylic acids is 1. The number of aromatic nitrogens is 2. The van der Waals surface area contributed by atoms with Gasteiger partial charge in [-0.15, -0.1) is 11.3 Å². The van der Waals surface area contributed by atoms with Gasteiger partial charge in [0.2, 0.25) is 0 Å². The lowest BCUT2D eigenvalue weighted by Gasteiger charge is -2.03. The lowest BCUT2D eigenvalue weighted by Crippen LogP contribution is -2.14. The lowest BCUT2D eigenvalue weighted by molar-refractivity contribution is 0.0698. The van der Waals surface area contributed by atoms with Gasteiger partial charge in [0.15, 0.2) is 0 Å². The van der Waals surface area contributed by atoms with Crippen LogP contribution >= 0.6 is 22.9 Å². The predicted octanol–water partition coefficient (Wildman–Crippen LogP) is 2.70. The summed E-state index contributed by atoms with van der Waals surface area (Å²) in [5, 5.41) is 12.1. The molecular weight excluding hydrogens is 302 g/mol. The number of nitrogens with one attached hydrogen (secondary N) is 1. The Morgan fingerprint density at radius 2 is 2.15 bits per heavy atom. The number of halogens is 1. The highest BCUT2D eigenvalue weighted by molar-refractivity contribution is 7.16. The molecule has 6 nitrogen and oxygen atoms in total. The molecule has 2 heterocycles. The molecule has 2 aromatic heterocycles. The van der Waals surface area contributed by atoms with Gasteiger partial charge in [-0.1, -0.05) is 18.5 Å². The highest BCUT2D eigenvalue weighted by Crippen LogP contribution is 2.28. The Kier molecular flexibility index (Phi) is 4.31. The SMILES string of the molecule is CCc1cc(C(=O)O)c(NC(=O)c2cnc(Cl)cn2)s1. The Morgan fingerprint density at radius 1 is 1.40 bits per heavy atom. The van der Waals surface area contributed by atoms with Crippen LogP contribution in [-0.2, 0) is 6.42 Å². The number of aryl methyl sites for hydroxylation is 1. The molecule has 0 atom stereocenters. The molecule has 0 aliphatic rings. The smallest absolute Gasteiger partial charge is 0.338 e. The molecule has 8 heteroatoms. The molecule has 2 aromatic rings. The summed E-state index contributed by atoms with van der Waals surface area (Å²) in [4.78, 5) is 31.5. The summed E-state index contributed by atoms with van der Waals surface area (Å²) < 4.78 is 0. The second-order valence-corrected chi connectivity index (χ2v) is 5.32. The van der Waals surface area contributed by atoms with Crippen molar-refractivity contribution in [2.45, 2.75) is 13.3 Å². The highest BCUT2D eigenvalue weighted by Gasteiger charge is 2.18. The zero-order valence-corrected chi connectivity index (χ0v) is 12.0. The van der Waals surface area contributed by atoms with Crippen LogP contribution in [0.25, 0.3) is 0 Å². The summed E-state index contributed by atoms with van der Waals surface area (Å²) >= 11 is 6.81. The van der Waals surface area contributed by atoms with E-state index in [0.717, 1.165) is 4.88 Å². The number of carbonyl (C=O) groups is 2. The van der Waals surface area contributed by atoms with Crippen LogP contribution in [0.15, 0.2) is 18.5 Å². The first-order valence-electron chi connectivity index (χ1n) is 5.66. The molecular formula is C12H10ClN3O3S. The van der Waals surface area contributed by atoms with Crippen molar-refractivity contribution in [2.75, 3.05) is 5.32 Å². The van der Waals surface area contributed by atoms with E-state index < -0.39 is 11.9 Å². The molecule has 20 heavy (non-hydrogen) atoms. The maximum absolute atomic E-state index is 12.0. The van der Waals surface area contributed by atoms with Crippen LogP contribution in [0.2, 0.25) is 5.15 Å². The molecule has 0 aliphatic heterocycles. The van der Waals surface area contributed by atoms with Crippen LogP contribution < -0.4 is 5.32 Å². The van der Waals surface area contributed by atoms with Gasteiger partial charge in [-0.25, -0.2) is 14.8 Å². The van der Waals surface area contributed by atoms with Crippen molar-refractivity contribution in [3.05, 3.63) is 39.7 Å². The Hall–Kier alpha value is -1.99. The third kappa shape index (κ3) is 3.12. The minimum absolute atomic E-state index is 0.0668. The minimum atomic E-state index is -1.08. The second-order valence-electron chi connectivity index (χ2n) is 3.79. The number of carbonyl (C=O) groups excluding carboxylic acids is 1. The molecule has 0 spiro atoms. The van der Waals surface area contributed by atoms with E-state index in [1.807, 2.05) is 6.92 Å². The van der Waals surface area contributed by atoms with Crippen molar-refractivity contribution in [2.24, 2.45) is 0 Å². The van der Waals surface area contributed by atoms with Gasteiger partial charge in [-0.2, -0.15) is 0 Å². The van der Waals surface area contributed by atoms with Gasteiger partial charge in [0.1, 0.15) is 15.8 Å². The molecule has 0 saturated heterocycles. The summed E-state index contributed by atoms with van der Waals surface area (Å²) in [7, 11) is 0. The van der Waals surface area contributed by atoms with Crippen LogP contribution in [-0.4, -0.2) is 27.0 Å². The molecule has 0 fully saturated rings. The zero-order chi connectivity index (χ0) is 14.7. The van der Waals surface area contributed by atoms with E-state index in [4.69, 9.17) is 16.7 Å². The average molecular weight is 312 g/mol. The molecule has 0 aromatic carbocycles. The first-order valence-corrected chi connectivity index (χ1v) is 6.85. The van der Waals surface area contributed by atoms with Gasteiger partial charge >= 0.3 is 5.97 Å².